The molecule has 2 amide bonds. The Kier molecular flexibility index (Phi) is 10.8. The van der Waals surface area contributed by atoms with E-state index < -0.39 is 48.0 Å². The van der Waals surface area contributed by atoms with Gasteiger partial charge in [-0.2, -0.15) is 0 Å². The van der Waals surface area contributed by atoms with E-state index in [2.05, 4.69) is 0 Å². The van der Waals surface area contributed by atoms with Crippen molar-refractivity contribution >= 4 is 29.3 Å². The molecular weight excluding hydrogens is 586 g/mol. The van der Waals surface area contributed by atoms with E-state index in [0.29, 0.717) is 22.4 Å². The first kappa shape index (κ1) is 34.1. The van der Waals surface area contributed by atoms with Crippen LogP contribution in [0.3, 0.4) is 0 Å². The van der Waals surface area contributed by atoms with E-state index in [1.807, 2.05) is 13.8 Å². The van der Waals surface area contributed by atoms with Crippen LogP contribution in [0.1, 0.15) is 49.2 Å². The Labute approximate surface area is 269 Å². The highest BCUT2D eigenvalue weighted by Crippen LogP contribution is 2.33. The standard InChI is InChI=1S/C36H41N3O7/c1-23(2)32-34(42)38(22-31(40)29(19-25-13-8-6-9-14-25)36(37,44)35(43)46-24(3)4)30(27-17-12-18-28(20-27)45-5)21-39(32)33(41)26-15-10-7-11-16-26/h6-18,20-21,23-24,29,32,44H,19,22,37H2,1-5H3/t29-,32?,36?/m1/s1. The molecule has 10 nitrogen and oxygen atoms in total. The fourth-order valence-corrected chi connectivity index (χ4v) is 5.46. The van der Waals surface area contributed by atoms with E-state index in [-0.39, 0.29) is 23.9 Å². The number of amides is 2. The Bertz CT molecular complexity index is 1590. The van der Waals surface area contributed by atoms with Crippen LogP contribution < -0.4 is 10.5 Å². The van der Waals surface area contributed by atoms with E-state index in [1.54, 1.807) is 105 Å². The molecule has 0 aromatic heterocycles. The van der Waals surface area contributed by atoms with E-state index in [4.69, 9.17) is 15.2 Å². The molecule has 0 aliphatic carbocycles. The average molecular weight is 628 g/mol. The lowest BCUT2D eigenvalue weighted by Crippen LogP contribution is -2.61. The number of nitrogens with zero attached hydrogens (tertiary/aromatic N) is 2. The van der Waals surface area contributed by atoms with Gasteiger partial charge in [0.2, 0.25) is 5.72 Å². The van der Waals surface area contributed by atoms with Crippen molar-refractivity contribution in [3.8, 4) is 5.75 Å². The van der Waals surface area contributed by atoms with Crippen molar-refractivity contribution in [2.24, 2.45) is 17.6 Å². The first-order valence-electron chi connectivity index (χ1n) is 15.2. The van der Waals surface area contributed by atoms with E-state index in [0.717, 1.165) is 0 Å². The molecule has 4 rings (SSSR count). The lowest BCUT2D eigenvalue weighted by molar-refractivity contribution is -0.177. The fourth-order valence-electron chi connectivity index (χ4n) is 5.46. The second-order valence-electron chi connectivity index (χ2n) is 11.9. The number of benzene rings is 3. The van der Waals surface area contributed by atoms with Gasteiger partial charge in [0.15, 0.2) is 5.78 Å². The summed E-state index contributed by atoms with van der Waals surface area (Å²) in [5, 5.41) is 11.3. The summed E-state index contributed by atoms with van der Waals surface area (Å²) in [5.74, 6) is -4.01. The maximum Gasteiger partial charge on any atom is 0.354 e. The molecule has 3 aromatic carbocycles. The van der Waals surface area contributed by atoms with E-state index in [1.165, 1.54) is 16.9 Å². The number of hydrogen-bond donors (Lipinski definition) is 2. The molecule has 1 heterocycles. The molecule has 3 N–H and O–H groups in total. The molecule has 1 aliphatic heterocycles. The van der Waals surface area contributed by atoms with Gasteiger partial charge in [-0.15, -0.1) is 0 Å². The van der Waals surface area contributed by atoms with Gasteiger partial charge < -0.3 is 24.4 Å². The molecule has 46 heavy (non-hydrogen) atoms. The summed E-state index contributed by atoms with van der Waals surface area (Å²) >= 11 is 0. The third-order valence-electron chi connectivity index (χ3n) is 7.81. The molecule has 1 aliphatic rings. The predicted molar refractivity (Wildman–Crippen MR) is 173 cm³/mol. The smallest absolute Gasteiger partial charge is 0.354 e. The van der Waals surface area contributed by atoms with Gasteiger partial charge in [0.1, 0.15) is 11.8 Å². The lowest BCUT2D eigenvalue weighted by Gasteiger charge is -2.41. The van der Waals surface area contributed by atoms with Crippen LogP contribution in [-0.2, 0) is 25.5 Å². The third kappa shape index (κ3) is 7.52. The van der Waals surface area contributed by atoms with Crippen molar-refractivity contribution < 1.29 is 33.8 Å². The van der Waals surface area contributed by atoms with Gasteiger partial charge in [0.05, 0.1) is 31.4 Å². The topological polar surface area (TPSA) is 139 Å². The van der Waals surface area contributed by atoms with Gasteiger partial charge in [-0.25, -0.2) is 4.79 Å². The SMILES string of the molecule is COc1cccc(C2=CN(C(=O)c3ccccc3)C(C(C)C)C(=O)N2CC(=O)[C@@H](Cc2ccccc2)C(N)(O)C(=O)OC(C)C)c1. The van der Waals surface area contributed by atoms with E-state index >= 15 is 0 Å². The molecule has 3 atom stereocenters. The zero-order valence-corrected chi connectivity index (χ0v) is 26.8. The van der Waals surface area contributed by atoms with Crippen LogP contribution in [0.2, 0.25) is 0 Å². The highest BCUT2D eigenvalue weighted by atomic mass is 16.6. The van der Waals surface area contributed by atoms with Crippen LogP contribution in [0.25, 0.3) is 5.70 Å². The number of methoxy groups -OCH3 is 1. The summed E-state index contributed by atoms with van der Waals surface area (Å²) in [4.78, 5) is 58.2. The van der Waals surface area contributed by atoms with Crippen LogP contribution in [-0.4, -0.2) is 70.0 Å². The maximum atomic E-state index is 14.4. The minimum atomic E-state index is -2.69. The first-order chi connectivity index (χ1) is 21.8. The third-order valence-corrected chi connectivity index (χ3v) is 7.81. The number of nitrogens with two attached hydrogens (primary N) is 1. The van der Waals surface area contributed by atoms with Crippen molar-refractivity contribution in [2.75, 3.05) is 13.7 Å². The number of carbonyl (C=O) groups excluding carboxylic acids is 4. The zero-order valence-electron chi connectivity index (χ0n) is 26.8. The molecule has 0 radical (unpaired) electrons. The fraction of sp³-hybridized carbons (Fsp3) is 0.333. The monoisotopic (exact) mass is 627 g/mol. The molecule has 3 aromatic rings. The zero-order chi connectivity index (χ0) is 33.6. The minimum absolute atomic E-state index is 0.0909. The highest BCUT2D eigenvalue weighted by Gasteiger charge is 2.48. The Morgan fingerprint density at radius 1 is 0.935 bits per heavy atom. The number of ether oxygens (including phenoxy) is 2. The number of rotatable bonds is 12. The van der Waals surface area contributed by atoms with Crippen LogP contribution in [0.15, 0.2) is 91.1 Å². The maximum absolute atomic E-state index is 14.4. The molecule has 0 saturated heterocycles. The molecular formula is C36H41N3O7. The molecule has 0 fully saturated rings. The molecule has 0 spiro atoms. The van der Waals surface area contributed by atoms with Crippen LogP contribution >= 0.6 is 0 Å². The van der Waals surface area contributed by atoms with Gasteiger partial charge in [0, 0.05) is 17.3 Å². The summed E-state index contributed by atoms with van der Waals surface area (Å²) in [6.45, 7) is 6.31. The number of ketones is 1. The van der Waals surface area contributed by atoms with Crippen molar-refractivity contribution in [1.29, 1.82) is 0 Å². The summed E-state index contributed by atoms with van der Waals surface area (Å²) < 4.78 is 10.6. The largest absolute Gasteiger partial charge is 0.497 e. The molecule has 10 heteroatoms. The van der Waals surface area contributed by atoms with Gasteiger partial charge >= 0.3 is 5.97 Å². The Morgan fingerprint density at radius 3 is 2.15 bits per heavy atom. The summed E-state index contributed by atoms with van der Waals surface area (Å²) in [6.07, 6.45) is 0.880. The van der Waals surface area contributed by atoms with Gasteiger partial charge in [-0.1, -0.05) is 74.5 Å². The van der Waals surface area contributed by atoms with E-state index in [9.17, 15) is 24.3 Å². The van der Waals surface area contributed by atoms with Crippen molar-refractivity contribution in [1.82, 2.24) is 9.80 Å². The Morgan fingerprint density at radius 2 is 1.57 bits per heavy atom. The second-order valence-corrected chi connectivity index (χ2v) is 11.9. The van der Waals surface area contributed by atoms with Gasteiger partial charge in [-0.05, 0) is 56.0 Å². The van der Waals surface area contributed by atoms with Gasteiger partial charge in [0.25, 0.3) is 11.8 Å². The van der Waals surface area contributed by atoms with Crippen molar-refractivity contribution in [3.63, 3.8) is 0 Å². The molecule has 2 unspecified atom stereocenters. The van der Waals surface area contributed by atoms with Crippen molar-refractivity contribution in [3.05, 3.63) is 108 Å². The summed E-state index contributed by atoms with van der Waals surface area (Å²) in [7, 11) is 1.51. The average Bonchev–Trinajstić information content (AvgIpc) is 3.04. The Hall–Kier alpha value is -4.80. The quantitative estimate of drug-likeness (QED) is 0.227. The van der Waals surface area contributed by atoms with Crippen LogP contribution in [0.5, 0.6) is 5.75 Å². The van der Waals surface area contributed by atoms with Crippen LogP contribution in [0, 0.1) is 11.8 Å². The predicted octanol–water partition coefficient (Wildman–Crippen LogP) is 4.03. The molecule has 242 valence electrons. The summed E-state index contributed by atoms with van der Waals surface area (Å²) in [5.41, 5.74) is 5.33. The highest BCUT2D eigenvalue weighted by molar-refractivity contribution is 6.04. The minimum Gasteiger partial charge on any atom is -0.497 e. The lowest BCUT2D eigenvalue weighted by atomic mass is 9.85. The van der Waals surface area contributed by atoms with Crippen LogP contribution in [0.4, 0.5) is 0 Å². The van der Waals surface area contributed by atoms with Gasteiger partial charge in [-0.3, -0.25) is 20.1 Å². The van der Waals surface area contributed by atoms with Crippen molar-refractivity contribution in [2.45, 2.75) is 52.0 Å². The number of hydrogen-bond acceptors (Lipinski definition) is 8. The second kappa shape index (κ2) is 14.5. The number of carbonyl (C=O) groups is 4. The molecule has 0 bridgehead atoms. The summed E-state index contributed by atoms with van der Waals surface area (Å²) in [6, 6.07) is 23.4. The number of Topliss-reactive ketones (excluding diaryl/α,β-unsaturated/α-hetero) is 1. The molecule has 0 saturated carbocycles. The first-order valence-corrected chi connectivity index (χ1v) is 15.2. The number of aliphatic hydroxyl groups is 1. The number of esters is 1. The normalized spacial score (nSPS) is 16.9. The Balaban J connectivity index is 1.82.